The summed E-state index contributed by atoms with van der Waals surface area (Å²) in [5.41, 5.74) is 0. The van der Waals surface area contributed by atoms with E-state index in [4.69, 9.17) is 4.52 Å². The van der Waals surface area contributed by atoms with Crippen LogP contribution in [-0.4, -0.2) is 76.1 Å². The third-order valence-corrected chi connectivity index (χ3v) is 5.75. The van der Waals surface area contributed by atoms with Crippen LogP contribution in [0.3, 0.4) is 0 Å². The van der Waals surface area contributed by atoms with E-state index in [1.165, 1.54) is 0 Å². The predicted octanol–water partition coefficient (Wildman–Crippen LogP) is 1.57. The molecule has 0 aliphatic carbocycles. The van der Waals surface area contributed by atoms with Crippen molar-refractivity contribution in [1.29, 1.82) is 0 Å². The average Bonchev–Trinajstić information content (AvgIpc) is 3.14. The topological polar surface area (TPSA) is 65.7 Å². The Morgan fingerprint density at radius 2 is 2.08 bits per heavy atom. The molecule has 0 spiro atoms. The first kappa shape index (κ1) is 18.3. The van der Waals surface area contributed by atoms with E-state index in [-0.39, 0.29) is 11.9 Å². The Morgan fingerprint density at radius 3 is 2.76 bits per heavy atom. The van der Waals surface area contributed by atoms with Crippen LogP contribution in [-0.2, 0) is 11.2 Å². The van der Waals surface area contributed by atoms with E-state index in [0.29, 0.717) is 12.0 Å². The molecule has 7 heteroatoms. The summed E-state index contributed by atoms with van der Waals surface area (Å²) in [5, 5.41) is 4.03. The normalized spacial score (nSPS) is 27.4. The van der Waals surface area contributed by atoms with Crippen molar-refractivity contribution >= 4 is 5.91 Å². The van der Waals surface area contributed by atoms with Gasteiger partial charge in [-0.2, -0.15) is 4.98 Å². The Morgan fingerprint density at radius 1 is 1.28 bits per heavy atom. The first-order valence-electron chi connectivity index (χ1n) is 9.55. The highest BCUT2D eigenvalue weighted by Crippen LogP contribution is 2.29. The van der Waals surface area contributed by atoms with Crippen LogP contribution in [0.2, 0.25) is 0 Å². The Bertz CT molecular complexity index is 590. The molecular formula is C18H31N5O2. The van der Waals surface area contributed by atoms with Gasteiger partial charge < -0.3 is 9.42 Å². The van der Waals surface area contributed by atoms with Gasteiger partial charge in [0, 0.05) is 58.7 Å². The van der Waals surface area contributed by atoms with Crippen LogP contribution >= 0.6 is 0 Å². The molecule has 0 N–H and O–H groups in total. The Labute approximate surface area is 150 Å². The number of nitrogens with zero attached hydrogens (tertiary/aromatic N) is 5. The predicted molar refractivity (Wildman–Crippen MR) is 95.1 cm³/mol. The van der Waals surface area contributed by atoms with Crippen LogP contribution in [0.4, 0.5) is 0 Å². The molecule has 2 fully saturated rings. The SMILES string of the molecule is CCc1noc([C@H](C)N2C[C@@H](C)[C@H](N3CCCN(C(C)=O)CC3)C2)n1. The van der Waals surface area contributed by atoms with E-state index < -0.39 is 0 Å². The molecule has 0 radical (unpaired) electrons. The molecule has 3 rings (SSSR count). The number of hydrogen-bond acceptors (Lipinski definition) is 6. The van der Waals surface area contributed by atoms with Crippen molar-refractivity contribution in [3.8, 4) is 0 Å². The molecule has 7 nitrogen and oxygen atoms in total. The fraction of sp³-hybridized carbons (Fsp3) is 0.833. The van der Waals surface area contributed by atoms with E-state index in [1.807, 2.05) is 11.8 Å². The molecule has 3 heterocycles. The summed E-state index contributed by atoms with van der Waals surface area (Å²) >= 11 is 0. The standard InChI is InChI=1S/C18H31N5O2/c1-5-17-19-18(25-20-17)14(3)23-11-13(2)16(12-23)22-8-6-7-21(9-10-22)15(4)24/h13-14,16H,5-12H2,1-4H3/t13-,14+,16-/m1/s1. The molecular weight excluding hydrogens is 318 g/mol. The molecule has 2 aliphatic heterocycles. The lowest BCUT2D eigenvalue weighted by Gasteiger charge is -2.30. The molecule has 1 aromatic rings. The minimum Gasteiger partial charge on any atom is -0.342 e. The van der Waals surface area contributed by atoms with Gasteiger partial charge in [-0.15, -0.1) is 0 Å². The van der Waals surface area contributed by atoms with Gasteiger partial charge in [-0.05, 0) is 19.3 Å². The van der Waals surface area contributed by atoms with Gasteiger partial charge >= 0.3 is 0 Å². The Kier molecular flexibility index (Phi) is 5.74. The number of carbonyl (C=O) groups excluding carboxylic acids is 1. The number of hydrogen-bond donors (Lipinski definition) is 0. The van der Waals surface area contributed by atoms with Crippen LogP contribution in [0.25, 0.3) is 0 Å². The fourth-order valence-electron chi connectivity index (χ4n) is 4.10. The highest BCUT2D eigenvalue weighted by molar-refractivity contribution is 5.73. The van der Waals surface area contributed by atoms with Crippen LogP contribution in [0.1, 0.15) is 51.9 Å². The van der Waals surface area contributed by atoms with E-state index in [2.05, 4.69) is 33.8 Å². The van der Waals surface area contributed by atoms with E-state index in [9.17, 15) is 4.79 Å². The van der Waals surface area contributed by atoms with Gasteiger partial charge in [-0.25, -0.2) is 0 Å². The number of aryl methyl sites for hydroxylation is 1. The summed E-state index contributed by atoms with van der Waals surface area (Å²) < 4.78 is 5.45. The molecule has 140 valence electrons. The number of rotatable bonds is 4. The van der Waals surface area contributed by atoms with Crippen LogP contribution < -0.4 is 0 Å². The van der Waals surface area contributed by atoms with E-state index in [1.54, 1.807) is 6.92 Å². The van der Waals surface area contributed by atoms with Crippen molar-refractivity contribution in [2.45, 2.75) is 52.6 Å². The number of carbonyl (C=O) groups is 1. The van der Waals surface area contributed by atoms with Crippen LogP contribution in [0.5, 0.6) is 0 Å². The van der Waals surface area contributed by atoms with E-state index >= 15 is 0 Å². The van der Waals surface area contributed by atoms with Crippen molar-refractivity contribution in [3.05, 3.63) is 11.7 Å². The van der Waals surface area contributed by atoms with Crippen molar-refractivity contribution in [2.24, 2.45) is 5.92 Å². The largest absolute Gasteiger partial charge is 0.342 e. The quantitative estimate of drug-likeness (QED) is 0.822. The maximum absolute atomic E-state index is 11.6. The fourth-order valence-corrected chi connectivity index (χ4v) is 4.10. The second kappa shape index (κ2) is 7.83. The zero-order valence-corrected chi connectivity index (χ0v) is 15.9. The van der Waals surface area contributed by atoms with Crippen molar-refractivity contribution in [2.75, 3.05) is 39.3 Å². The lowest BCUT2D eigenvalue weighted by Crippen LogP contribution is -2.43. The summed E-state index contributed by atoms with van der Waals surface area (Å²) in [6.07, 6.45) is 1.86. The van der Waals surface area contributed by atoms with Gasteiger partial charge in [0.05, 0.1) is 6.04 Å². The van der Waals surface area contributed by atoms with Gasteiger partial charge in [0.1, 0.15) is 0 Å². The summed E-state index contributed by atoms with van der Waals surface area (Å²) in [4.78, 5) is 23.2. The summed E-state index contributed by atoms with van der Waals surface area (Å²) in [5.74, 6) is 2.30. The average molecular weight is 349 g/mol. The summed E-state index contributed by atoms with van der Waals surface area (Å²) in [6.45, 7) is 14.0. The first-order valence-corrected chi connectivity index (χ1v) is 9.55. The number of likely N-dealkylation sites (tertiary alicyclic amines) is 1. The zero-order chi connectivity index (χ0) is 18.0. The second-order valence-corrected chi connectivity index (χ2v) is 7.47. The smallest absolute Gasteiger partial charge is 0.243 e. The highest BCUT2D eigenvalue weighted by Gasteiger charge is 2.38. The minimum absolute atomic E-state index is 0.154. The molecule has 2 saturated heterocycles. The zero-order valence-electron chi connectivity index (χ0n) is 15.9. The Balaban J connectivity index is 1.61. The van der Waals surface area contributed by atoms with Gasteiger partial charge in [0.25, 0.3) is 0 Å². The van der Waals surface area contributed by atoms with Gasteiger partial charge in [-0.3, -0.25) is 14.6 Å². The number of amides is 1. The van der Waals surface area contributed by atoms with Crippen molar-refractivity contribution in [3.63, 3.8) is 0 Å². The van der Waals surface area contributed by atoms with Gasteiger partial charge in [0.15, 0.2) is 5.82 Å². The van der Waals surface area contributed by atoms with Crippen molar-refractivity contribution in [1.82, 2.24) is 24.8 Å². The molecule has 25 heavy (non-hydrogen) atoms. The third kappa shape index (κ3) is 4.03. The van der Waals surface area contributed by atoms with Crippen LogP contribution in [0, 0.1) is 5.92 Å². The molecule has 2 aliphatic rings. The molecule has 0 saturated carbocycles. The van der Waals surface area contributed by atoms with Gasteiger partial charge in [-0.1, -0.05) is 19.0 Å². The molecule has 3 atom stereocenters. The first-order chi connectivity index (χ1) is 12.0. The lowest BCUT2D eigenvalue weighted by molar-refractivity contribution is -0.128. The summed E-state index contributed by atoms with van der Waals surface area (Å²) in [6, 6.07) is 0.684. The van der Waals surface area contributed by atoms with Gasteiger partial charge in [0.2, 0.25) is 11.8 Å². The van der Waals surface area contributed by atoms with E-state index in [0.717, 1.165) is 63.8 Å². The molecule has 0 bridgehead atoms. The highest BCUT2D eigenvalue weighted by atomic mass is 16.5. The Hall–Kier alpha value is -1.47. The molecule has 1 aromatic heterocycles. The molecule has 1 amide bonds. The second-order valence-electron chi connectivity index (χ2n) is 7.47. The lowest BCUT2D eigenvalue weighted by atomic mass is 10.0. The van der Waals surface area contributed by atoms with Crippen molar-refractivity contribution < 1.29 is 9.32 Å². The minimum atomic E-state index is 0.154. The maximum atomic E-state index is 11.6. The maximum Gasteiger partial charge on any atom is 0.243 e. The number of aromatic nitrogens is 2. The monoisotopic (exact) mass is 349 g/mol. The van der Waals surface area contributed by atoms with Crippen LogP contribution in [0.15, 0.2) is 4.52 Å². The molecule has 0 aromatic carbocycles. The third-order valence-electron chi connectivity index (χ3n) is 5.75. The molecule has 0 unspecified atom stereocenters. The summed E-state index contributed by atoms with van der Waals surface area (Å²) in [7, 11) is 0.